The molecule has 0 saturated carbocycles. The van der Waals surface area contributed by atoms with Crippen LogP contribution in [0.15, 0.2) is 25.6 Å². The number of phenols is 1. The smallest absolute Gasteiger partial charge is 0.506 e. The predicted octanol–water partition coefficient (Wildman–Crippen LogP) is 0.684. The fourth-order valence-corrected chi connectivity index (χ4v) is 2.79. The first-order valence-electron chi connectivity index (χ1n) is 2.45. The quantitative estimate of drug-likeness (QED) is 0.667. The number of benzene rings is 1. The van der Waals surface area contributed by atoms with Crippen LogP contribution in [0.5, 0.6) is 5.75 Å². The molecule has 1 N–H and O–H groups in total. The van der Waals surface area contributed by atoms with Gasteiger partial charge in [-0.25, -0.2) is 0 Å². The van der Waals surface area contributed by atoms with Crippen molar-refractivity contribution in [2.75, 3.05) is 0 Å². The van der Waals surface area contributed by atoms with Gasteiger partial charge in [-0.3, -0.25) is 0 Å². The van der Waals surface area contributed by atoms with Gasteiger partial charge >= 0.3 is 51.4 Å². The minimum atomic E-state index is 0. The van der Waals surface area contributed by atoms with E-state index < -0.39 is 0 Å². The Bertz CT molecular complexity index is 241. The maximum atomic E-state index is 9.22. The van der Waals surface area contributed by atoms with E-state index in [0.717, 1.165) is 4.47 Å². The van der Waals surface area contributed by atoms with Crippen LogP contribution in [0.4, 0.5) is 0 Å². The predicted molar refractivity (Wildman–Crippen MR) is 51.2 cm³/mol. The van der Waals surface area contributed by atoms with Gasteiger partial charge in [-0.1, -0.05) is 15.9 Å². The van der Waals surface area contributed by atoms with Crippen LogP contribution in [0.25, 0.3) is 0 Å². The summed E-state index contributed by atoms with van der Waals surface area (Å²) in [4.78, 5) is 0. The van der Waals surface area contributed by atoms with Crippen LogP contribution in [0.1, 0.15) is 0 Å². The molecule has 0 fully saturated rings. The number of hydrogen-bond acceptors (Lipinski definition) is 1. The van der Waals surface area contributed by atoms with E-state index in [9.17, 15) is 5.11 Å². The Balaban J connectivity index is 0.000001000. The number of hydrogen-bond donors (Lipinski definition) is 1. The molecule has 0 aliphatic rings. The molecule has 0 unspecified atom stereocenters. The Morgan fingerprint density at radius 3 is 1.73 bits per heavy atom. The molecular weight excluding hydrogens is 367 g/mol. The van der Waals surface area contributed by atoms with Gasteiger partial charge in [0.1, 0.15) is 5.75 Å². The van der Waals surface area contributed by atoms with Gasteiger partial charge in [0.05, 0.1) is 8.95 Å². The third kappa shape index (κ3) is 3.77. The first-order chi connectivity index (χ1) is 4.61. The molecule has 0 spiro atoms. The number of halogens is 3. The van der Waals surface area contributed by atoms with E-state index in [0.29, 0.717) is 8.95 Å². The van der Waals surface area contributed by atoms with E-state index in [1.54, 1.807) is 12.1 Å². The molecule has 1 rings (SSSR count). The summed E-state index contributed by atoms with van der Waals surface area (Å²) in [5.74, 6) is 0.225. The SMILES string of the molecule is Oc1c(Br)cc(Br)cc1Br.[K+]. The molecule has 1 aromatic rings. The molecule has 0 heterocycles. The summed E-state index contributed by atoms with van der Waals surface area (Å²) < 4.78 is 2.27. The number of phenolic OH excluding ortho intramolecular Hbond substituents is 1. The summed E-state index contributed by atoms with van der Waals surface area (Å²) >= 11 is 9.65. The molecule has 1 nitrogen and oxygen atoms in total. The molecule has 5 heteroatoms. The normalized spacial score (nSPS) is 9.00. The maximum Gasteiger partial charge on any atom is 1.00 e. The Labute approximate surface area is 133 Å². The van der Waals surface area contributed by atoms with Crippen LogP contribution < -0.4 is 51.4 Å². The Morgan fingerprint density at radius 1 is 1.00 bits per heavy atom. The van der Waals surface area contributed by atoms with E-state index in [-0.39, 0.29) is 57.1 Å². The van der Waals surface area contributed by atoms with Crippen LogP contribution >= 0.6 is 47.8 Å². The summed E-state index contributed by atoms with van der Waals surface area (Å²) in [6.07, 6.45) is 0. The maximum absolute atomic E-state index is 9.22. The molecule has 1 aromatic carbocycles. The van der Waals surface area contributed by atoms with E-state index in [2.05, 4.69) is 47.8 Å². The summed E-state index contributed by atoms with van der Waals surface area (Å²) in [5, 5.41) is 9.22. The summed E-state index contributed by atoms with van der Waals surface area (Å²) in [6, 6.07) is 3.56. The Kier molecular flexibility index (Phi) is 6.84. The molecule has 0 bridgehead atoms. The Hall–Kier alpha value is 2.10. The Morgan fingerprint density at radius 2 is 1.36 bits per heavy atom. The zero-order chi connectivity index (χ0) is 7.72. The van der Waals surface area contributed by atoms with Crippen molar-refractivity contribution in [1.29, 1.82) is 0 Å². The minimum absolute atomic E-state index is 0. The van der Waals surface area contributed by atoms with Crippen molar-refractivity contribution in [3.63, 3.8) is 0 Å². The van der Waals surface area contributed by atoms with Crippen LogP contribution in [0.3, 0.4) is 0 Å². The molecule has 0 atom stereocenters. The van der Waals surface area contributed by atoms with Gasteiger partial charge in [0, 0.05) is 4.47 Å². The number of aromatic hydroxyl groups is 1. The monoisotopic (exact) mass is 367 g/mol. The van der Waals surface area contributed by atoms with E-state index in [1.807, 2.05) is 0 Å². The van der Waals surface area contributed by atoms with E-state index >= 15 is 0 Å². The van der Waals surface area contributed by atoms with Crippen molar-refractivity contribution in [3.05, 3.63) is 25.6 Å². The zero-order valence-electron chi connectivity index (χ0n) is 5.74. The summed E-state index contributed by atoms with van der Waals surface area (Å²) in [6.45, 7) is 0. The van der Waals surface area contributed by atoms with E-state index in [1.165, 1.54) is 0 Å². The van der Waals surface area contributed by atoms with Crippen LogP contribution in [0.2, 0.25) is 0 Å². The first-order valence-corrected chi connectivity index (χ1v) is 4.82. The van der Waals surface area contributed by atoms with Gasteiger partial charge < -0.3 is 5.11 Å². The van der Waals surface area contributed by atoms with Crippen LogP contribution in [0, 0.1) is 0 Å². The minimum Gasteiger partial charge on any atom is -0.506 e. The van der Waals surface area contributed by atoms with Crippen molar-refractivity contribution >= 4 is 47.8 Å². The van der Waals surface area contributed by atoms with Gasteiger partial charge in [0.25, 0.3) is 0 Å². The molecule has 0 aromatic heterocycles. The average Bonchev–Trinajstić information content (AvgIpc) is 1.82. The third-order valence-corrected chi connectivity index (χ3v) is 2.65. The molecule has 0 radical (unpaired) electrons. The molecule has 54 valence electrons. The second-order valence-corrected chi connectivity index (χ2v) is 4.34. The summed E-state index contributed by atoms with van der Waals surface area (Å²) in [7, 11) is 0. The molecule has 0 saturated heterocycles. The van der Waals surface area contributed by atoms with Crippen molar-refractivity contribution in [2.45, 2.75) is 0 Å². The standard InChI is InChI=1S/C6H3Br3O.K/c7-3-1-4(8)6(10)5(9)2-3;/h1-2,10H;/q;+1. The third-order valence-electron chi connectivity index (χ3n) is 0.982. The topological polar surface area (TPSA) is 20.2 Å². The van der Waals surface area contributed by atoms with Crippen LogP contribution in [-0.4, -0.2) is 5.11 Å². The number of rotatable bonds is 0. The van der Waals surface area contributed by atoms with Crippen molar-refractivity contribution in [3.8, 4) is 5.75 Å². The molecule has 11 heavy (non-hydrogen) atoms. The largest absolute Gasteiger partial charge is 1.00 e. The van der Waals surface area contributed by atoms with Gasteiger partial charge in [-0.2, -0.15) is 0 Å². The van der Waals surface area contributed by atoms with E-state index in [4.69, 9.17) is 0 Å². The summed E-state index contributed by atoms with van der Waals surface area (Å²) in [5.41, 5.74) is 0. The molecule has 0 amide bonds. The fourth-order valence-electron chi connectivity index (χ4n) is 0.535. The van der Waals surface area contributed by atoms with Crippen LogP contribution in [-0.2, 0) is 0 Å². The molecule has 0 aliphatic heterocycles. The van der Waals surface area contributed by atoms with Gasteiger partial charge in [0.2, 0.25) is 0 Å². The second kappa shape index (κ2) is 5.75. The second-order valence-electron chi connectivity index (χ2n) is 1.72. The van der Waals surface area contributed by atoms with Crippen molar-refractivity contribution in [2.24, 2.45) is 0 Å². The van der Waals surface area contributed by atoms with Gasteiger partial charge in [0.15, 0.2) is 0 Å². The van der Waals surface area contributed by atoms with Crippen molar-refractivity contribution < 1.29 is 56.5 Å². The van der Waals surface area contributed by atoms with Gasteiger partial charge in [-0.15, -0.1) is 0 Å². The first kappa shape index (κ1) is 13.1. The zero-order valence-corrected chi connectivity index (χ0v) is 13.6. The van der Waals surface area contributed by atoms with Crippen molar-refractivity contribution in [1.82, 2.24) is 0 Å². The molecular formula is C6H3Br3KO+. The molecule has 0 aliphatic carbocycles. The fraction of sp³-hybridized carbons (Fsp3) is 0. The average molecular weight is 370 g/mol. The van der Waals surface area contributed by atoms with Gasteiger partial charge in [-0.05, 0) is 44.0 Å².